The minimum Gasteiger partial charge on any atom is -0.381 e. The maximum atomic E-state index is 13.8. The van der Waals surface area contributed by atoms with Crippen LogP contribution in [0.5, 0.6) is 0 Å². The fourth-order valence-corrected chi connectivity index (χ4v) is 2.03. The molecule has 1 aromatic carbocycles. The molecule has 88 valence electrons. The molecule has 0 atom stereocenters. The molecule has 1 aromatic heterocycles. The number of hydrogen-bond acceptors (Lipinski definition) is 3. The molecular formula is C11H10ClFN4. The predicted molar refractivity (Wildman–Crippen MR) is 62.7 cm³/mol. The van der Waals surface area contributed by atoms with Gasteiger partial charge >= 0.3 is 0 Å². The van der Waals surface area contributed by atoms with Crippen molar-refractivity contribution in [3.05, 3.63) is 34.7 Å². The topological polar surface area (TPSA) is 56.7 Å². The lowest BCUT2D eigenvalue weighted by molar-refractivity contribution is 0.602. The molecule has 0 unspecified atom stereocenters. The SMILES string of the molecule is Nc1nnn(-c2ccc(Cl)cc2F)c1C1CC1. The van der Waals surface area contributed by atoms with Gasteiger partial charge in [-0.25, -0.2) is 9.07 Å². The lowest BCUT2D eigenvalue weighted by Gasteiger charge is -2.06. The standard InChI is InChI=1S/C11H10ClFN4/c12-7-3-4-9(8(13)5-7)17-10(6-1-2-6)11(14)15-16-17/h3-6H,1-2,14H2. The van der Waals surface area contributed by atoms with Crippen LogP contribution in [0.4, 0.5) is 10.2 Å². The van der Waals surface area contributed by atoms with Gasteiger partial charge in [0.2, 0.25) is 0 Å². The molecule has 1 fully saturated rings. The average Bonchev–Trinajstić information content (AvgIpc) is 3.03. The van der Waals surface area contributed by atoms with Crippen molar-refractivity contribution in [2.45, 2.75) is 18.8 Å². The van der Waals surface area contributed by atoms with E-state index in [1.54, 1.807) is 12.1 Å². The van der Waals surface area contributed by atoms with Gasteiger partial charge in [-0.05, 0) is 31.0 Å². The van der Waals surface area contributed by atoms with Crippen molar-refractivity contribution in [3.8, 4) is 5.69 Å². The van der Waals surface area contributed by atoms with Crippen LogP contribution >= 0.6 is 11.6 Å². The summed E-state index contributed by atoms with van der Waals surface area (Å²) in [5.74, 6) is 0.297. The third kappa shape index (κ3) is 1.76. The van der Waals surface area contributed by atoms with Crippen molar-refractivity contribution in [1.82, 2.24) is 15.0 Å². The van der Waals surface area contributed by atoms with Crippen LogP contribution in [0.25, 0.3) is 5.69 Å². The van der Waals surface area contributed by atoms with E-state index < -0.39 is 5.82 Å². The molecule has 0 bridgehead atoms. The van der Waals surface area contributed by atoms with Crippen LogP contribution in [0.3, 0.4) is 0 Å². The number of nitrogens with two attached hydrogens (primary N) is 1. The molecule has 3 rings (SSSR count). The average molecular weight is 253 g/mol. The number of hydrogen-bond donors (Lipinski definition) is 1. The molecule has 2 aromatic rings. The molecule has 0 spiro atoms. The summed E-state index contributed by atoms with van der Waals surface area (Å²) in [6.45, 7) is 0. The maximum Gasteiger partial charge on any atom is 0.169 e. The van der Waals surface area contributed by atoms with Gasteiger partial charge in [-0.15, -0.1) is 5.10 Å². The Hall–Kier alpha value is -1.62. The van der Waals surface area contributed by atoms with Gasteiger partial charge in [0.15, 0.2) is 5.82 Å². The largest absolute Gasteiger partial charge is 0.381 e. The molecule has 1 aliphatic rings. The number of nitrogens with zero attached hydrogens (tertiary/aromatic N) is 3. The Kier molecular flexibility index (Phi) is 2.29. The number of anilines is 1. The second kappa shape index (κ2) is 3.70. The van der Waals surface area contributed by atoms with E-state index in [0.717, 1.165) is 18.5 Å². The second-order valence-electron chi connectivity index (χ2n) is 4.14. The highest BCUT2D eigenvalue weighted by molar-refractivity contribution is 6.30. The predicted octanol–water partition coefficient (Wildman–Crippen LogP) is 2.52. The van der Waals surface area contributed by atoms with Crippen molar-refractivity contribution >= 4 is 17.4 Å². The molecule has 0 radical (unpaired) electrons. The van der Waals surface area contributed by atoms with E-state index in [1.165, 1.54) is 10.7 Å². The second-order valence-corrected chi connectivity index (χ2v) is 4.58. The van der Waals surface area contributed by atoms with E-state index in [-0.39, 0.29) is 0 Å². The summed E-state index contributed by atoms with van der Waals surface area (Å²) in [6.07, 6.45) is 2.10. The summed E-state index contributed by atoms with van der Waals surface area (Å²) < 4.78 is 15.3. The monoisotopic (exact) mass is 252 g/mol. The normalized spacial score (nSPS) is 15.2. The fourth-order valence-electron chi connectivity index (χ4n) is 1.87. The Morgan fingerprint density at radius 3 is 2.82 bits per heavy atom. The van der Waals surface area contributed by atoms with Crippen LogP contribution in [0.2, 0.25) is 5.02 Å². The number of halogens is 2. The van der Waals surface area contributed by atoms with Crippen LogP contribution in [0, 0.1) is 5.82 Å². The van der Waals surface area contributed by atoms with Crippen molar-refractivity contribution in [2.24, 2.45) is 0 Å². The van der Waals surface area contributed by atoms with E-state index in [2.05, 4.69) is 10.3 Å². The molecule has 4 nitrogen and oxygen atoms in total. The summed E-state index contributed by atoms with van der Waals surface area (Å²) in [5.41, 5.74) is 6.89. The molecule has 0 amide bonds. The Morgan fingerprint density at radius 2 is 2.18 bits per heavy atom. The van der Waals surface area contributed by atoms with Crippen molar-refractivity contribution < 1.29 is 4.39 Å². The number of nitrogen functional groups attached to an aromatic ring is 1. The minimum atomic E-state index is -0.427. The summed E-state index contributed by atoms with van der Waals surface area (Å²) >= 11 is 5.71. The van der Waals surface area contributed by atoms with E-state index in [0.29, 0.717) is 22.4 Å². The molecular weight excluding hydrogens is 243 g/mol. The van der Waals surface area contributed by atoms with Gasteiger partial charge in [0, 0.05) is 10.9 Å². The van der Waals surface area contributed by atoms with Gasteiger partial charge in [0.05, 0.1) is 5.69 Å². The third-order valence-corrected chi connectivity index (χ3v) is 3.07. The minimum absolute atomic E-state index is 0.334. The smallest absolute Gasteiger partial charge is 0.169 e. The van der Waals surface area contributed by atoms with Crippen molar-refractivity contribution in [3.63, 3.8) is 0 Å². The first-order valence-corrected chi connectivity index (χ1v) is 5.71. The van der Waals surface area contributed by atoms with Gasteiger partial charge in [0.25, 0.3) is 0 Å². The first-order valence-electron chi connectivity index (χ1n) is 5.33. The first-order chi connectivity index (χ1) is 8.16. The third-order valence-electron chi connectivity index (χ3n) is 2.83. The zero-order chi connectivity index (χ0) is 12.0. The van der Waals surface area contributed by atoms with Crippen LogP contribution in [-0.2, 0) is 0 Å². The summed E-state index contributed by atoms with van der Waals surface area (Å²) in [4.78, 5) is 0. The van der Waals surface area contributed by atoms with E-state index in [9.17, 15) is 4.39 Å². The number of aromatic nitrogens is 3. The van der Waals surface area contributed by atoms with Crippen LogP contribution < -0.4 is 5.73 Å². The lowest BCUT2D eigenvalue weighted by Crippen LogP contribution is -2.04. The van der Waals surface area contributed by atoms with Gasteiger partial charge in [0.1, 0.15) is 11.5 Å². The Labute approximate surface area is 102 Å². The van der Waals surface area contributed by atoms with Crippen LogP contribution in [0.1, 0.15) is 24.5 Å². The Bertz CT molecular complexity index is 577. The van der Waals surface area contributed by atoms with E-state index in [4.69, 9.17) is 17.3 Å². The van der Waals surface area contributed by atoms with E-state index >= 15 is 0 Å². The zero-order valence-electron chi connectivity index (χ0n) is 8.90. The number of benzene rings is 1. The van der Waals surface area contributed by atoms with Crippen LogP contribution in [0.15, 0.2) is 18.2 Å². The zero-order valence-corrected chi connectivity index (χ0v) is 9.65. The molecule has 2 N–H and O–H groups in total. The van der Waals surface area contributed by atoms with Gasteiger partial charge in [-0.2, -0.15) is 0 Å². The molecule has 6 heteroatoms. The molecule has 1 saturated carbocycles. The first kappa shape index (κ1) is 10.5. The Morgan fingerprint density at radius 1 is 1.41 bits per heavy atom. The highest BCUT2D eigenvalue weighted by atomic mass is 35.5. The van der Waals surface area contributed by atoms with Gasteiger partial charge < -0.3 is 5.73 Å². The molecule has 17 heavy (non-hydrogen) atoms. The molecule has 0 saturated heterocycles. The highest BCUT2D eigenvalue weighted by Crippen LogP contribution is 2.42. The van der Waals surface area contributed by atoms with Crippen LogP contribution in [-0.4, -0.2) is 15.0 Å². The lowest BCUT2D eigenvalue weighted by atomic mass is 10.2. The van der Waals surface area contributed by atoms with Crippen molar-refractivity contribution in [2.75, 3.05) is 5.73 Å². The summed E-state index contributed by atoms with van der Waals surface area (Å²) in [7, 11) is 0. The molecule has 1 aliphatic carbocycles. The molecule has 0 aliphatic heterocycles. The summed E-state index contributed by atoms with van der Waals surface area (Å²) in [5, 5.41) is 8.06. The van der Waals surface area contributed by atoms with E-state index in [1.807, 2.05) is 0 Å². The maximum absolute atomic E-state index is 13.8. The quantitative estimate of drug-likeness (QED) is 0.894. The highest BCUT2D eigenvalue weighted by Gasteiger charge is 2.31. The number of rotatable bonds is 2. The summed E-state index contributed by atoms with van der Waals surface area (Å²) in [6, 6.07) is 4.46. The van der Waals surface area contributed by atoms with Crippen molar-refractivity contribution in [1.29, 1.82) is 0 Å². The molecule has 1 heterocycles. The van der Waals surface area contributed by atoms with Gasteiger partial charge in [-0.1, -0.05) is 16.8 Å². The Balaban J connectivity index is 2.14. The van der Waals surface area contributed by atoms with Gasteiger partial charge in [-0.3, -0.25) is 0 Å². The fraction of sp³-hybridized carbons (Fsp3) is 0.273.